The first-order valence-electron chi connectivity index (χ1n) is 4.04. The zero-order chi connectivity index (χ0) is 6.97. The molecule has 2 saturated heterocycles. The highest BCUT2D eigenvalue weighted by Crippen LogP contribution is 2.30. The number of nitriles is 1. The Labute approximate surface area is 61.4 Å². The zero-order valence-corrected chi connectivity index (χ0v) is 6.08. The van der Waals surface area contributed by atoms with Crippen LogP contribution in [-0.2, 0) is 0 Å². The van der Waals surface area contributed by atoms with E-state index in [1.807, 2.05) is 0 Å². The van der Waals surface area contributed by atoms with Crippen molar-refractivity contribution in [1.29, 1.82) is 5.26 Å². The fraction of sp³-hybridized carbons (Fsp3) is 0.875. The summed E-state index contributed by atoms with van der Waals surface area (Å²) in [6, 6.07) is 3.12. The Hall–Kier alpha value is -0.550. The normalized spacial score (nSPS) is 39.5. The van der Waals surface area contributed by atoms with Crippen molar-refractivity contribution in [3.63, 3.8) is 0 Å². The van der Waals surface area contributed by atoms with Gasteiger partial charge >= 0.3 is 0 Å². The van der Waals surface area contributed by atoms with Crippen LogP contribution in [0.5, 0.6) is 0 Å². The Morgan fingerprint density at radius 1 is 1.50 bits per heavy atom. The van der Waals surface area contributed by atoms with Crippen molar-refractivity contribution in [1.82, 2.24) is 4.90 Å². The maximum absolute atomic E-state index is 8.64. The summed E-state index contributed by atoms with van der Waals surface area (Å²) < 4.78 is 0. The molecule has 2 aliphatic heterocycles. The van der Waals surface area contributed by atoms with Crippen LogP contribution in [0.1, 0.15) is 19.3 Å². The van der Waals surface area contributed by atoms with Crippen molar-refractivity contribution in [2.45, 2.75) is 25.3 Å². The third-order valence-electron chi connectivity index (χ3n) is 2.69. The fourth-order valence-corrected chi connectivity index (χ4v) is 2.18. The summed E-state index contributed by atoms with van der Waals surface area (Å²) in [5.41, 5.74) is 0. The first-order chi connectivity index (χ1) is 4.90. The lowest BCUT2D eigenvalue weighted by Gasteiger charge is -2.11. The van der Waals surface area contributed by atoms with Gasteiger partial charge in [-0.3, -0.25) is 4.90 Å². The third kappa shape index (κ3) is 0.819. The molecular formula is C8H12N2. The van der Waals surface area contributed by atoms with Crippen LogP contribution < -0.4 is 0 Å². The molecule has 0 aromatic carbocycles. The van der Waals surface area contributed by atoms with Crippen LogP contribution in [0.15, 0.2) is 0 Å². The molecule has 2 aliphatic rings. The lowest BCUT2D eigenvalue weighted by atomic mass is 10.1. The molecule has 0 aliphatic carbocycles. The maximum Gasteiger partial charge on any atom is 0.0669 e. The Morgan fingerprint density at radius 3 is 3.10 bits per heavy atom. The number of hydrogen-bond acceptors (Lipinski definition) is 2. The smallest absolute Gasteiger partial charge is 0.0669 e. The average molecular weight is 136 g/mol. The van der Waals surface area contributed by atoms with E-state index in [-0.39, 0.29) is 0 Å². The van der Waals surface area contributed by atoms with Crippen LogP contribution in [0, 0.1) is 17.2 Å². The molecule has 2 fully saturated rings. The molecule has 2 heteroatoms. The molecule has 0 aromatic heterocycles. The van der Waals surface area contributed by atoms with E-state index in [9.17, 15) is 0 Å². The number of hydrogen-bond donors (Lipinski definition) is 0. The van der Waals surface area contributed by atoms with E-state index in [4.69, 9.17) is 5.26 Å². The molecule has 2 rings (SSSR count). The molecule has 0 N–H and O–H groups in total. The Balaban J connectivity index is 2.01. The van der Waals surface area contributed by atoms with Gasteiger partial charge in [0.25, 0.3) is 0 Å². The van der Waals surface area contributed by atoms with Crippen LogP contribution >= 0.6 is 0 Å². The lowest BCUT2D eigenvalue weighted by Crippen LogP contribution is -2.22. The minimum absolute atomic E-state index is 0.338. The summed E-state index contributed by atoms with van der Waals surface area (Å²) in [5, 5.41) is 8.64. The summed E-state index contributed by atoms with van der Waals surface area (Å²) in [5.74, 6) is 0.338. The minimum atomic E-state index is 0.338. The predicted octanol–water partition coefficient (Wildman–Crippen LogP) is 0.994. The monoisotopic (exact) mass is 136 g/mol. The van der Waals surface area contributed by atoms with E-state index in [1.54, 1.807) is 0 Å². The van der Waals surface area contributed by atoms with Gasteiger partial charge in [0.15, 0.2) is 0 Å². The van der Waals surface area contributed by atoms with Crippen LogP contribution in [-0.4, -0.2) is 24.0 Å². The third-order valence-corrected chi connectivity index (χ3v) is 2.69. The highest BCUT2D eigenvalue weighted by Gasteiger charge is 2.34. The second kappa shape index (κ2) is 2.25. The van der Waals surface area contributed by atoms with Gasteiger partial charge in [-0.15, -0.1) is 0 Å². The second-order valence-electron chi connectivity index (χ2n) is 3.35. The van der Waals surface area contributed by atoms with Crippen molar-refractivity contribution in [2.75, 3.05) is 13.1 Å². The predicted molar refractivity (Wildman–Crippen MR) is 38.3 cm³/mol. The molecule has 54 valence electrons. The van der Waals surface area contributed by atoms with Gasteiger partial charge in [0, 0.05) is 12.6 Å². The van der Waals surface area contributed by atoms with Crippen LogP contribution in [0.3, 0.4) is 0 Å². The van der Waals surface area contributed by atoms with Gasteiger partial charge < -0.3 is 0 Å². The minimum Gasteiger partial charge on any atom is -0.299 e. The number of nitrogens with zero attached hydrogens (tertiary/aromatic N) is 2. The maximum atomic E-state index is 8.64. The van der Waals surface area contributed by atoms with E-state index >= 15 is 0 Å². The summed E-state index contributed by atoms with van der Waals surface area (Å²) in [7, 11) is 0. The number of rotatable bonds is 0. The van der Waals surface area contributed by atoms with E-state index in [1.165, 1.54) is 19.4 Å². The topological polar surface area (TPSA) is 27.0 Å². The first kappa shape index (κ1) is 6.18. The van der Waals surface area contributed by atoms with E-state index in [0.717, 1.165) is 19.0 Å². The van der Waals surface area contributed by atoms with Crippen LogP contribution in [0.2, 0.25) is 0 Å². The van der Waals surface area contributed by atoms with Crippen molar-refractivity contribution < 1.29 is 0 Å². The summed E-state index contributed by atoms with van der Waals surface area (Å²) in [6.45, 7) is 2.28. The standard InChI is InChI=1S/C8H12N2/c9-5-7-4-8-2-1-3-10(8)6-7/h7-8H,1-4,6H2. The zero-order valence-electron chi connectivity index (χ0n) is 6.08. The molecule has 0 saturated carbocycles. The SMILES string of the molecule is N#CC1CC2CCCN2C1. The molecule has 0 radical (unpaired) electrons. The molecule has 0 amide bonds. The summed E-state index contributed by atoms with van der Waals surface area (Å²) in [4.78, 5) is 2.47. The molecule has 0 spiro atoms. The van der Waals surface area contributed by atoms with Crippen molar-refractivity contribution in [3.8, 4) is 6.07 Å². The molecule has 2 unspecified atom stereocenters. The van der Waals surface area contributed by atoms with E-state index in [2.05, 4.69) is 11.0 Å². The second-order valence-corrected chi connectivity index (χ2v) is 3.35. The van der Waals surface area contributed by atoms with Crippen molar-refractivity contribution in [2.24, 2.45) is 5.92 Å². The van der Waals surface area contributed by atoms with Gasteiger partial charge in [-0.1, -0.05) is 0 Å². The van der Waals surface area contributed by atoms with Crippen LogP contribution in [0.4, 0.5) is 0 Å². The van der Waals surface area contributed by atoms with Crippen LogP contribution in [0.25, 0.3) is 0 Å². The Morgan fingerprint density at radius 2 is 2.40 bits per heavy atom. The highest BCUT2D eigenvalue weighted by molar-refractivity contribution is 4.98. The fourth-order valence-electron chi connectivity index (χ4n) is 2.18. The number of fused-ring (bicyclic) bond motifs is 1. The van der Waals surface area contributed by atoms with Crippen molar-refractivity contribution >= 4 is 0 Å². The highest BCUT2D eigenvalue weighted by atomic mass is 15.2. The largest absolute Gasteiger partial charge is 0.299 e. The average Bonchev–Trinajstić information content (AvgIpc) is 2.42. The Bertz CT molecular complexity index is 159. The first-order valence-corrected chi connectivity index (χ1v) is 4.04. The van der Waals surface area contributed by atoms with E-state index in [0.29, 0.717) is 5.92 Å². The lowest BCUT2D eigenvalue weighted by molar-refractivity contribution is 0.322. The van der Waals surface area contributed by atoms with Gasteiger partial charge in [-0.05, 0) is 25.8 Å². The van der Waals surface area contributed by atoms with E-state index < -0.39 is 0 Å². The molecule has 0 bridgehead atoms. The molecule has 2 atom stereocenters. The summed E-state index contributed by atoms with van der Waals surface area (Å²) >= 11 is 0. The molecule has 10 heavy (non-hydrogen) atoms. The molecule has 2 nitrogen and oxygen atoms in total. The van der Waals surface area contributed by atoms with Gasteiger partial charge in [-0.25, -0.2) is 0 Å². The Kier molecular flexibility index (Phi) is 1.39. The molecule has 2 heterocycles. The van der Waals surface area contributed by atoms with Gasteiger partial charge in [0.1, 0.15) is 0 Å². The van der Waals surface area contributed by atoms with Gasteiger partial charge in [-0.2, -0.15) is 5.26 Å². The van der Waals surface area contributed by atoms with Gasteiger partial charge in [0.05, 0.1) is 12.0 Å². The summed E-state index contributed by atoms with van der Waals surface area (Å²) in [6.07, 6.45) is 3.82. The van der Waals surface area contributed by atoms with Crippen molar-refractivity contribution in [3.05, 3.63) is 0 Å². The molecule has 0 aromatic rings. The van der Waals surface area contributed by atoms with Gasteiger partial charge in [0.2, 0.25) is 0 Å². The quantitative estimate of drug-likeness (QED) is 0.496. The molecular weight excluding hydrogens is 124 g/mol.